The lowest BCUT2D eigenvalue weighted by atomic mass is 9.95. The summed E-state index contributed by atoms with van der Waals surface area (Å²) in [7, 11) is 2.16. The number of benzene rings is 2. The number of H-pyrrole nitrogens is 1. The van der Waals surface area contributed by atoms with Crippen LogP contribution in [0.2, 0.25) is 0 Å². The topological polar surface area (TPSA) is 59.6 Å². The van der Waals surface area contributed by atoms with Crippen LogP contribution in [0.1, 0.15) is 35.2 Å². The molecular formula is C26H31N3O2. The van der Waals surface area contributed by atoms with Crippen LogP contribution in [-0.4, -0.2) is 65.1 Å². The van der Waals surface area contributed by atoms with Gasteiger partial charge in [-0.3, -0.25) is 4.79 Å². The number of carbonyl (C=O) groups is 1. The molecule has 1 aromatic heterocycles. The number of aliphatic hydroxyl groups is 1. The summed E-state index contributed by atoms with van der Waals surface area (Å²) in [5.74, 6) is 0.631. The zero-order valence-electron chi connectivity index (χ0n) is 18.3. The fourth-order valence-corrected chi connectivity index (χ4v) is 5.97. The monoisotopic (exact) mass is 417 g/mol. The van der Waals surface area contributed by atoms with E-state index in [-0.39, 0.29) is 17.2 Å². The maximum Gasteiger partial charge on any atom is 0.256 e. The van der Waals surface area contributed by atoms with Gasteiger partial charge in [-0.15, -0.1) is 0 Å². The van der Waals surface area contributed by atoms with Crippen LogP contribution < -0.4 is 0 Å². The number of amides is 1. The zero-order chi connectivity index (χ0) is 21.6. The maximum absolute atomic E-state index is 13.5. The van der Waals surface area contributed by atoms with Crippen LogP contribution in [-0.2, 0) is 0 Å². The van der Waals surface area contributed by atoms with Gasteiger partial charge in [-0.25, -0.2) is 0 Å². The molecule has 4 atom stereocenters. The highest BCUT2D eigenvalue weighted by molar-refractivity contribution is 6.05. The molecule has 2 aromatic carbocycles. The predicted molar refractivity (Wildman–Crippen MR) is 123 cm³/mol. The molecule has 162 valence electrons. The smallest absolute Gasteiger partial charge is 0.256 e. The van der Waals surface area contributed by atoms with Gasteiger partial charge in [0, 0.05) is 36.6 Å². The van der Waals surface area contributed by atoms with E-state index < -0.39 is 6.10 Å². The third-order valence-corrected chi connectivity index (χ3v) is 7.42. The van der Waals surface area contributed by atoms with Gasteiger partial charge in [0.1, 0.15) is 0 Å². The van der Waals surface area contributed by atoms with Gasteiger partial charge in [-0.05, 0) is 49.5 Å². The van der Waals surface area contributed by atoms with E-state index in [0.717, 1.165) is 30.4 Å². The number of fused-ring (bicyclic) bond motifs is 1. The Morgan fingerprint density at radius 3 is 2.77 bits per heavy atom. The second-order valence-electron chi connectivity index (χ2n) is 9.32. The summed E-state index contributed by atoms with van der Waals surface area (Å²) in [5, 5.41) is 12.3. The van der Waals surface area contributed by atoms with Gasteiger partial charge in [0.05, 0.1) is 17.2 Å². The lowest BCUT2D eigenvalue weighted by Gasteiger charge is -2.19. The van der Waals surface area contributed by atoms with Crippen LogP contribution in [0, 0.1) is 11.3 Å². The summed E-state index contributed by atoms with van der Waals surface area (Å²) in [6.07, 6.45) is 2.47. The predicted octanol–water partition coefficient (Wildman–Crippen LogP) is 3.73. The van der Waals surface area contributed by atoms with E-state index in [4.69, 9.17) is 0 Å². The van der Waals surface area contributed by atoms with E-state index in [0.29, 0.717) is 24.6 Å². The molecule has 31 heavy (non-hydrogen) atoms. The molecule has 1 aliphatic carbocycles. The highest BCUT2D eigenvalue weighted by atomic mass is 16.3. The Balaban J connectivity index is 1.44. The summed E-state index contributed by atoms with van der Waals surface area (Å²) in [6, 6.07) is 18.3. The van der Waals surface area contributed by atoms with Gasteiger partial charge < -0.3 is 19.9 Å². The highest BCUT2D eigenvalue weighted by Crippen LogP contribution is 2.69. The minimum atomic E-state index is -0.510. The highest BCUT2D eigenvalue weighted by Gasteiger charge is 2.71. The van der Waals surface area contributed by atoms with Crippen LogP contribution in [0.4, 0.5) is 0 Å². The van der Waals surface area contributed by atoms with E-state index in [1.54, 1.807) is 0 Å². The van der Waals surface area contributed by atoms with Gasteiger partial charge in [0.15, 0.2) is 0 Å². The molecule has 2 N–H and O–H groups in total. The second kappa shape index (κ2) is 7.81. The van der Waals surface area contributed by atoms with Crippen molar-refractivity contribution in [3.05, 3.63) is 71.9 Å². The number of aromatic amines is 1. The Morgan fingerprint density at radius 1 is 1.19 bits per heavy atom. The molecule has 3 aromatic rings. The first-order valence-electron chi connectivity index (χ1n) is 11.3. The summed E-state index contributed by atoms with van der Waals surface area (Å²) in [5.41, 5.74) is 2.57. The Morgan fingerprint density at radius 2 is 2.00 bits per heavy atom. The fourth-order valence-electron chi connectivity index (χ4n) is 5.97. The maximum atomic E-state index is 13.5. The molecule has 1 aliphatic heterocycles. The van der Waals surface area contributed by atoms with E-state index >= 15 is 0 Å². The first-order valence-corrected chi connectivity index (χ1v) is 11.3. The largest absolute Gasteiger partial charge is 0.391 e. The minimum absolute atomic E-state index is 0.00310. The molecule has 2 aliphatic rings. The van der Waals surface area contributed by atoms with Crippen molar-refractivity contribution < 1.29 is 9.90 Å². The summed E-state index contributed by atoms with van der Waals surface area (Å²) >= 11 is 0. The van der Waals surface area contributed by atoms with Crippen LogP contribution in [0.15, 0.2) is 60.8 Å². The molecule has 2 fully saturated rings. The van der Waals surface area contributed by atoms with Crippen molar-refractivity contribution >= 4 is 16.8 Å². The summed E-state index contributed by atoms with van der Waals surface area (Å²) in [4.78, 5) is 20.9. The van der Waals surface area contributed by atoms with Crippen LogP contribution in [0.3, 0.4) is 0 Å². The van der Waals surface area contributed by atoms with Gasteiger partial charge in [0.2, 0.25) is 0 Å². The summed E-state index contributed by atoms with van der Waals surface area (Å²) < 4.78 is 0. The minimum Gasteiger partial charge on any atom is -0.391 e. The number of β-amino-alcohol motifs (C(OH)–C–C–N with tert-alkyl or cyclic N) is 1. The van der Waals surface area contributed by atoms with Crippen molar-refractivity contribution in [1.29, 1.82) is 0 Å². The third kappa shape index (κ3) is 3.27. The lowest BCUT2D eigenvalue weighted by Crippen LogP contribution is -2.30. The number of aromatic nitrogens is 1. The van der Waals surface area contributed by atoms with E-state index in [2.05, 4.69) is 48.1 Å². The SMILES string of the molecule is CCCN(C)C[C@@H]1[C@@H](c2ccccc2)[C@]12CN(C(=O)c1cccc3cc[nH]c13)C[C@H]2O. The molecule has 0 radical (unpaired) electrons. The molecular weight excluding hydrogens is 386 g/mol. The van der Waals surface area contributed by atoms with Gasteiger partial charge >= 0.3 is 0 Å². The number of aliphatic hydroxyl groups excluding tert-OH is 1. The molecule has 5 rings (SSSR count). The van der Waals surface area contributed by atoms with Crippen molar-refractivity contribution in [2.24, 2.45) is 11.3 Å². The molecule has 1 amide bonds. The Labute approximate surface area is 183 Å². The van der Waals surface area contributed by atoms with E-state index in [1.165, 1.54) is 5.56 Å². The number of likely N-dealkylation sites (tertiary alicyclic amines) is 1. The number of nitrogens with zero attached hydrogens (tertiary/aromatic N) is 2. The molecule has 1 spiro atoms. The third-order valence-electron chi connectivity index (χ3n) is 7.42. The van der Waals surface area contributed by atoms with Gasteiger partial charge in [-0.1, -0.05) is 49.4 Å². The van der Waals surface area contributed by atoms with Gasteiger partial charge in [0.25, 0.3) is 5.91 Å². The average Bonchev–Trinajstić information content (AvgIpc) is 3.07. The Bertz CT molecular complexity index is 1080. The van der Waals surface area contributed by atoms with Crippen LogP contribution in [0.5, 0.6) is 0 Å². The van der Waals surface area contributed by atoms with Crippen molar-refractivity contribution in [1.82, 2.24) is 14.8 Å². The Hall–Kier alpha value is -2.63. The van der Waals surface area contributed by atoms with Crippen molar-refractivity contribution in [2.75, 3.05) is 33.2 Å². The quantitative estimate of drug-likeness (QED) is 0.643. The van der Waals surface area contributed by atoms with Crippen molar-refractivity contribution in [2.45, 2.75) is 25.4 Å². The van der Waals surface area contributed by atoms with Gasteiger partial charge in [-0.2, -0.15) is 0 Å². The van der Waals surface area contributed by atoms with E-state index in [9.17, 15) is 9.90 Å². The molecule has 1 saturated heterocycles. The number of hydrogen-bond acceptors (Lipinski definition) is 3. The Kier molecular flexibility index (Phi) is 5.11. The molecule has 0 bridgehead atoms. The van der Waals surface area contributed by atoms with Crippen LogP contribution >= 0.6 is 0 Å². The van der Waals surface area contributed by atoms with Crippen molar-refractivity contribution in [3.8, 4) is 0 Å². The summed E-state index contributed by atoms with van der Waals surface area (Å²) in [6.45, 7) is 5.18. The standard InChI is InChI=1S/C26H31N3O2/c1-3-14-28(2)15-21-23(18-8-5-4-6-9-18)26(21)17-29(16-22(26)30)25(31)20-11-7-10-19-12-13-27-24(19)20/h4-13,21-23,27,30H,3,14-17H2,1-2H3/t21-,22-,23-,26-/m1/s1. The van der Waals surface area contributed by atoms with Crippen LogP contribution in [0.25, 0.3) is 10.9 Å². The number of rotatable bonds is 6. The first kappa shape index (κ1) is 20.3. The first-order chi connectivity index (χ1) is 15.1. The second-order valence-corrected chi connectivity index (χ2v) is 9.32. The van der Waals surface area contributed by atoms with E-state index in [1.807, 2.05) is 41.4 Å². The molecule has 2 heterocycles. The number of para-hydroxylation sites is 1. The normalized spacial score (nSPS) is 27.5. The zero-order valence-corrected chi connectivity index (χ0v) is 18.3. The fraction of sp³-hybridized carbons (Fsp3) is 0.423. The molecule has 5 nitrogen and oxygen atoms in total. The number of nitrogens with one attached hydrogen (secondary N) is 1. The molecule has 5 heteroatoms. The number of carbonyl (C=O) groups excluding carboxylic acids is 1. The number of hydrogen-bond donors (Lipinski definition) is 2. The lowest BCUT2D eigenvalue weighted by molar-refractivity contribution is 0.0766. The molecule has 0 unspecified atom stereocenters. The average molecular weight is 418 g/mol. The molecule has 1 saturated carbocycles. The van der Waals surface area contributed by atoms with Crippen molar-refractivity contribution in [3.63, 3.8) is 0 Å².